The number of carbonyl (C=O) groups excluding carboxylic acids is 2. The average molecular weight is 553 g/mol. The first-order valence-corrected chi connectivity index (χ1v) is 14.0. The molecule has 3 saturated carbocycles. The molecule has 1 saturated heterocycles. The second-order valence-electron chi connectivity index (χ2n) is 12.5. The van der Waals surface area contributed by atoms with E-state index >= 15 is 0 Å². The summed E-state index contributed by atoms with van der Waals surface area (Å²) in [5.74, 6) is -1.09. The number of esters is 1. The molecule has 3 aliphatic carbocycles. The van der Waals surface area contributed by atoms with Crippen LogP contribution in [0.5, 0.6) is 5.75 Å². The van der Waals surface area contributed by atoms with E-state index in [0.29, 0.717) is 23.8 Å². The number of halogens is 2. The molecular weight excluding hydrogens is 514 g/mol. The van der Waals surface area contributed by atoms with Gasteiger partial charge in [0.05, 0.1) is 23.6 Å². The van der Waals surface area contributed by atoms with Crippen molar-refractivity contribution < 1.29 is 37.5 Å². The van der Waals surface area contributed by atoms with Gasteiger partial charge in [0.15, 0.2) is 5.75 Å². The number of alkyl halides is 1. The van der Waals surface area contributed by atoms with Crippen molar-refractivity contribution in [3.8, 4) is 5.75 Å². The van der Waals surface area contributed by atoms with E-state index in [4.69, 9.17) is 35.1 Å². The lowest BCUT2D eigenvalue weighted by Gasteiger charge is -2.64. The van der Waals surface area contributed by atoms with Gasteiger partial charge in [-0.2, -0.15) is 0 Å². The highest BCUT2D eigenvalue weighted by Crippen LogP contribution is 2.65. The molecule has 1 unspecified atom stereocenters. The van der Waals surface area contributed by atoms with E-state index in [-0.39, 0.29) is 30.3 Å². The molecule has 4 aliphatic rings. The normalized spacial score (nSPS) is 28.2. The third-order valence-corrected chi connectivity index (χ3v) is 8.74. The first-order chi connectivity index (χ1) is 17.7. The second-order valence-corrected chi connectivity index (χ2v) is 13.1. The van der Waals surface area contributed by atoms with Gasteiger partial charge in [-0.15, -0.1) is 11.6 Å². The average Bonchev–Trinajstić information content (AvgIpc) is 3.17. The highest BCUT2D eigenvalue weighted by atomic mass is 35.5. The predicted molar refractivity (Wildman–Crippen MR) is 142 cm³/mol. The Kier molecular flexibility index (Phi) is 8.15. The molecule has 0 radical (unpaired) electrons. The van der Waals surface area contributed by atoms with Gasteiger partial charge in [0, 0.05) is 0 Å². The number of hydrogen-bond acceptors (Lipinski definition) is 7. The van der Waals surface area contributed by atoms with Crippen LogP contribution in [-0.4, -0.2) is 48.4 Å². The maximum atomic E-state index is 15.0. The smallest absolute Gasteiger partial charge is 0.462 e. The van der Waals surface area contributed by atoms with Crippen LogP contribution < -0.4 is 4.74 Å². The lowest BCUT2D eigenvalue weighted by atomic mass is 9.43. The van der Waals surface area contributed by atoms with Crippen molar-refractivity contribution in [3.63, 3.8) is 0 Å². The molecule has 5 atom stereocenters. The van der Waals surface area contributed by atoms with E-state index < -0.39 is 47.1 Å². The van der Waals surface area contributed by atoms with E-state index in [9.17, 15) is 14.0 Å². The highest BCUT2D eigenvalue weighted by molar-refractivity contribution is 6.60. The van der Waals surface area contributed by atoms with Crippen LogP contribution in [0.25, 0.3) is 0 Å². The third-order valence-electron chi connectivity index (χ3n) is 8.38. The number of hydrogen-bond donors (Lipinski definition) is 0. The topological polar surface area (TPSA) is 80.3 Å². The summed E-state index contributed by atoms with van der Waals surface area (Å²) in [4.78, 5) is 25.4. The van der Waals surface area contributed by atoms with Crippen molar-refractivity contribution in [2.24, 2.45) is 17.3 Å². The van der Waals surface area contributed by atoms with Crippen LogP contribution in [0.2, 0.25) is 0 Å². The molecule has 4 fully saturated rings. The number of carbonyl (C=O) groups is 2. The zero-order valence-electron chi connectivity index (χ0n) is 23.4. The molecule has 10 heteroatoms. The van der Waals surface area contributed by atoms with Crippen molar-refractivity contribution in [1.29, 1.82) is 0 Å². The highest BCUT2D eigenvalue weighted by Gasteiger charge is 2.68. The van der Waals surface area contributed by atoms with E-state index in [2.05, 4.69) is 20.8 Å². The van der Waals surface area contributed by atoms with Crippen LogP contribution in [-0.2, 0) is 25.2 Å². The molecule has 0 spiro atoms. The van der Waals surface area contributed by atoms with Gasteiger partial charge in [0.1, 0.15) is 17.0 Å². The van der Waals surface area contributed by atoms with Gasteiger partial charge >= 0.3 is 19.2 Å². The summed E-state index contributed by atoms with van der Waals surface area (Å²) in [6.45, 7) is 13.8. The van der Waals surface area contributed by atoms with Gasteiger partial charge in [-0.3, -0.25) is 0 Å². The molecule has 0 aromatic heterocycles. The molecule has 0 amide bonds. The Morgan fingerprint density at radius 1 is 1.24 bits per heavy atom. The van der Waals surface area contributed by atoms with E-state index in [1.807, 2.05) is 6.92 Å². The second kappa shape index (κ2) is 10.6. The fourth-order valence-electron chi connectivity index (χ4n) is 6.16. The van der Waals surface area contributed by atoms with Crippen molar-refractivity contribution >= 4 is 30.8 Å². The maximum absolute atomic E-state index is 15.0. The summed E-state index contributed by atoms with van der Waals surface area (Å²) in [5.41, 5.74) is -1.24. The van der Waals surface area contributed by atoms with Gasteiger partial charge in [0.2, 0.25) is 0 Å². The molecule has 7 nitrogen and oxygen atoms in total. The number of unbranched alkanes of at least 4 members (excludes halogenated alkanes) is 1. The molecular formula is C28H39BClFO7. The van der Waals surface area contributed by atoms with Gasteiger partial charge < -0.3 is 23.5 Å². The molecule has 1 aromatic carbocycles. The largest absolute Gasteiger partial charge is 0.514 e. The van der Waals surface area contributed by atoms with Crippen LogP contribution in [0.15, 0.2) is 12.1 Å². The third kappa shape index (κ3) is 5.57. The van der Waals surface area contributed by atoms with E-state index in [1.54, 1.807) is 20.8 Å². The number of rotatable bonds is 8. The summed E-state index contributed by atoms with van der Waals surface area (Å²) in [6.07, 6.45) is 2.42. The summed E-state index contributed by atoms with van der Waals surface area (Å²) in [7, 11) is -0.707. The van der Waals surface area contributed by atoms with E-state index in [0.717, 1.165) is 25.3 Å². The first kappa shape index (κ1) is 29.2. The maximum Gasteiger partial charge on any atom is 0.514 e. The minimum Gasteiger partial charge on any atom is -0.462 e. The zero-order valence-corrected chi connectivity index (χ0v) is 24.2. The Bertz CT molecular complexity index is 1070. The van der Waals surface area contributed by atoms with E-state index in [1.165, 1.54) is 6.07 Å². The van der Waals surface area contributed by atoms with Crippen LogP contribution in [0.1, 0.15) is 90.1 Å². The molecule has 1 aliphatic heterocycles. The Morgan fingerprint density at radius 3 is 2.58 bits per heavy atom. The summed E-state index contributed by atoms with van der Waals surface area (Å²) >= 11 is 6.84. The Labute approximate surface area is 230 Å². The van der Waals surface area contributed by atoms with Gasteiger partial charge in [-0.25, -0.2) is 14.0 Å². The quantitative estimate of drug-likeness (QED) is 0.119. The minimum absolute atomic E-state index is 0.0552. The molecule has 0 N–H and O–H groups in total. The fraction of sp³-hybridized carbons (Fsp3) is 0.714. The first-order valence-electron chi connectivity index (χ1n) is 13.5. The summed E-state index contributed by atoms with van der Waals surface area (Å²) in [6, 6.07) is 2.59. The van der Waals surface area contributed by atoms with Crippen molar-refractivity contribution in [2.45, 2.75) is 103 Å². The van der Waals surface area contributed by atoms with Crippen molar-refractivity contribution in [3.05, 3.63) is 29.1 Å². The zero-order chi connectivity index (χ0) is 28.0. The molecule has 210 valence electrons. The summed E-state index contributed by atoms with van der Waals surface area (Å²) < 4.78 is 43.7. The SMILES string of the molecule is CCCCOC(=O)c1c(F)ccc(C[C@@H](Cl)B2OC3C[C@@H]4C[C@@H](C4(C)C)[C@]3(C)O2)c1OC(=O)OC(C)(C)C. The molecule has 1 heterocycles. The monoisotopic (exact) mass is 552 g/mol. The van der Waals surface area contributed by atoms with Gasteiger partial charge in [-0.05, 0) is 82.3 Å². The van der Waals surface area contributed by atoms with Gasteiger partial charge in [0.25, 0.3) is 0 Å². The molecule has 1 aromatic rings. The Morgan fingerprint density at radius 2 is 1.95 bits per heavy atom. The van der Waals surface area contributed by atoms with Crippen LogP contribution in [0.4, 0.5) is 9.18 Å². The van der Waals surface area contributed by atoms with Crippen molar-refractivity contribution in [2.75, 3.05) is 6.61 Å². The predicted octanol–water partition coefficient (Wildman–Crippen LogP) is 6.51. The van der Waals surface area contributed by atoms with Crippen LogP contribution in [0.3, 0.4) is 0 Å². The molecule has 38 heavy (non-hydrogen) atoms. The van der Waals surface area contributed by atoms with Crippen LogP contribution in [0, 0.1) is 23.1 Å². The lowest BCUT2D eigenvalue weighted by Crippen LogP contribution is -2.65. The fourth-order valence-corrected chi connectivity index (χ4v) is 6.44. The number of benzene rings is 1. The molecule has 2 bridgehead atoms. The molecule has 5 rings (SSSR count). The van der Waals surface area contributed by atoms with Crippen molar-refractivity contribution in [1.82, 2.24) is 0 Å². The Balaban J connectivity index is 1.58. The summed E-state index contributed by atoms with van der Waals surface area (Å²) in [5, 5.41) is -0.687. The minimum atomic E-state index is -1.06. The van der Waals surface area contributed by atoms with Crippen LogP contribution >= 0.6 is 11.6 Å². The lowest BCUT2D eigenvalue weighted by molar-refractivity contribution is -0.199. The Hall–Kier alpha value is -1.84. The van der Waals surface area contributed by atoms with Gasteiger partial charge in [-0.1, -0.05) is 33.3 Å². The standard InChI is InChI=1S/C28H39BClFO7/c1-8-9-12-34-24(32)22-18(31)11-10-16(23(22)35-25(33)36-26(2,3)4)13-21(30)29-37-20-15-17-14-19(27(17,5)6)28(20,7)38-29/h10-11,17,19-21H,8-9,12-15H2,1-7H3/t17-,19-,20?,21+,28-/m0/s1. The number of ether oxygens (including phenoxy) is 3.